The first-order valence-corrected chi connectivity index (χ1v) is 12.2. The molecule has 0 amide bonds. The molecule has 9 nitrogen and oxygen atoms in total. The number of benzene rings is 2. The standard InChI is InChI=1S/C27H26ClN5O4/c1-15(2)24(27(34)35)29-13-16-11-20-25(30-14-16)26(32-33(20)3)31-19-6-4-5-18(23(19)28)17-7-8-21-22(12-17)37-10-9-36-21/h4-8,11-15,24H,9-10H2,1-3H3,(H,31,32)(H,34,35)/t24-/m0/s1. The van der Waals surface area contributed by atoms with Crippen molar-refractivity contribution in [1.82, 2.24) is 14.8 Å². The third-order valence-corrected chi connectivity index (χ3v) is 6.49. The molecule has 190 valence electrons. The summed E-state index contributed by atoms with van der Waals surface area (Å²) in [6.07, 6.45) is 3.18. The molecule has 3 heterocycles. The fourth-order valence-electron chi connectivity index (χ4n) is 4.18. The van der Waals surface area contributed by atoms with E-state index in [0.717, 1.165) is 22.4 Å². The van der Waals surface area contributed by atoms with Crippen molar-refractivity contribution in [1.29, 1.82) is 0 Å². The highest BCUT2D eigenvalue weighted by atomic mass is 35.5. The Balaban J connectivity index is 1.44. The van der Waals surface area contributed by atoms with Crippen LogP contribution in [0.1, 0.15) is 19.4 Å². The lowest BCUT2D eigenvalue weighted by atomic mass is 10.0. The summed E-state index contributed by atoms with van der Waals surface area (Å²) < 4.78 is 13.1. The first-order valence-electron chi connectivity index (χ1n) is 11.9. The second-order valence-electron chi connectivity index (χ2n) is 9.06. The van der Waals surface area contributed by atoms with Gasteiger partial charge in [-0.3, -0.25) is 9.67 Å². The van der Waals surface area contributed by atoms with Crippen molar-refractivity contribution in [3.8, 4) is 22.6 Å². The minimum atomic E-state index is -0.956. The molecule has 5 rings (SSSR count). The Hall–Kier alpha value is -4.11. The lowest BCUT2D eigenvalue weighted by molar-refractivity contribution is -0.139. The molecule has 0 radical (unpaired) electrons. The van der Waals surface area contributed by atoms with Crippen LogP contribution >= 0.6 is 11.6 Å². The van der Waals surface area contributed by atoms with Crippen molar-refractivity contribution in [2.45, 2.75) is 19.9 Å². The molecule has 0 fully saturated rings. The summed E-state index contributed by atoms with van der Waals surface area (Å²) in [4.78, 5) is 20.2. The molecule has 0 unspecified atom stereocenters. The summed E-state index contributed by atoms with van der Waals surface area (Å²) in [6, 6.07) is 12.6. The third kappa shape index (κ3) is 4.95. The number of fused-ring (bicyclic) bond motifs is 2. The molecule has 37 heavy (non-hydrogen) atoms. The number of hydrogen-bond acceptors (Lipinski definition) is 7. The second-order valence-corrected chi connectivity index (χ2v) is 9.44. The third-order valence-electron chi connectivity index (χ3n) is 6.09. The number of nitrogens with zero attached hydrogens (tertiary/aromatic N) is 4. The zero-order valence-electron chi connectivity index (χ0n) is 20.6. The number of halogens is 1. The van der Waals surface area contributed by atoms with Crippen molar-refractivity contribution in [3.63, 3.8) is 0 Å². The highest BCUT2D eigenvalue weighted by Gasteiger charge is 2.20. The number of aliphatic imine (C=N–C) groups is 1. The zero-order chi connectivity index (χ0) is 26.1. The topological polar surface area (TPSA) is 111 Å². The lowest BCUT2D eigenvalue weighted by Crippen LogP contribution is -2.24. The van der Waals surface area contributed by atoms with E-state index in [-0.39, 0.29) is 5.92 Å². The summed E-state index contributed by atoms with van der Waals surface area (Å²) in [5.74, 6) is 0.884. The first kappa shape index (κ1) is 24.6. The first-order chi connectivity index (χ1) is 17.8. The summed E-state index contributed by atoms with van der Waals surface area (Å²) in [7, 11) is 1.82. The van der Waals surface area contributed by atoms with Gasteiger partial charge in [0.1, 0.15) is 24.8 Å². The van der Waals surface area contributed by atoms with Crippen LogP contribution in [0.3, 0.4) is 0 Å². The van der Waals surface area contributed by atoms with Gasteiger partial charge in [0.25, 0.3) is 0 Å². The Morgan fingerprint density at radius 1 is 1.19 bits per heavy atom. The van der Waals surface area contributed by atoms with Crippen molar-refractivity contribution < 1.29 is 19.4 Å². The molecule has 0 spiro atoms. The van der Waals surface area contributed by atoms with Crippen LogP contribution in [0.4, 0.5) is 11.5 Å². The van der Waals surface area contributed by atoms with Crippen LogP contribution < -0.4 is 14.8 Å². The van der Waals surface area contributed by atoms with Gasteiger partial charge in [-0.05, 0) is 35.7 Å². The van der Waals surface area contributed by atoms with Gasteiger partial charge in [-0.15, -0.1) is 0 Å². The quantitative estimate of drug-likeness (QED) is 0.317. The summed E-state index contributed by atoms with van der Waals surface area (Å²) in [5.41, 5.74) is 4.54. The van der Waals surface area contributed by atoms with E-state index in [1.165, 1.54) is 0 Å². The van der Waals surface area contributed by atoms with E-state index < -0.39 is 12.0 Å². The van der Waals surface area contributed by atoms with Crippen LogP contribution in [0, 0.1) is 5.92 Å². The SMILES string of the molecule is CC(C)[C@H](N=Cc1cnc2c(Nc3cccc(-c4ccc5c(c4)OCCO5)c3Cl)nn(C)c2c1)C(=O)O. The predicted molar refractivity (Wildman–Crippen MR) is 144 cm³/mol. The number of hydrogen-bond donors (Lipinski definition) is 2. The van der Waals surface area contributed by atoms with Crippen molar-refractivity contribution in [2.24, 2.45) is 18.0 Å². The Morgan fingerprint density at radius 3 is 2.73 bits per heavy atom. The number of ether oxygens (including phenoxy) is 2. The van der Waals surface area contributed by atoms with E-state index in [4.69, 9.17) is 21.1 Å². The van der Waals surface area contributed by atoms with Crippen molar-refractivity contribution in [3.05, 3.63) is 59.2 Å². The fourth-order valence-corrected chi connectivity index (χ4v) is 4.46. The van der Waals surface area contributed by atoms with Gasteiger partial charge in [-0.1, -0.05) is 43.6 Å². The number of carboxylic acids is 1. The number of pyridine rings is 1. The van der Waals surface area contributed by atoms with E-state index >= 15 is 0 Å². The van der Waals surface area contributed by atoms with Gasteiger partial charge in [-0.2, -0.15) is 5.10 Å². The van der Waals surface area contributed by atoms with Gasteiger partial charge in [0.2, 0.25) is 0 Å². The largest absolute Gasteiger partial charge is 0.486 e. The van der Waals surface area contributed by atoms with Gasteiger partial charge in [0.15, 0.2) is 17.3 Å². The highest BCUT2D eigenvalue weighted by molar-refractivity contribution is 6.36. The van der Waals surface area contributed by atoms with Gasteiger partial charge in [0, 0.05) is 30.6 Å². The Bertz CT molecular complexity index is 1510. The van der Waals surface area contributed by atoms with E-state index in [1.54, 1.807) is 17.1 Å². The van der Waals surface area contributed by atoms with E-state index in [0.29, 0.717) is 46.6 Å². The molecule has 0 bridgehead atoms. The monoisotopic (exact) mass is 519 g/mol. The Morgan fingerprint density at radius 2 is 1.97 bits per heavy atom. The van der Waals surface area contributed by atoms with Crippen molar-refractivity contribution in [2.75, 3.05) is 18.5 Å². The van der Waals surface area contributed by atoms with Crippen LogP contribution in [-0.4, -0.2) is 51.3 Å². The van der Waals surface area contributed by atoms with Gasteiger partial charge < -0.3 is 19.9 Å². The molecular weight excluding hydrogens is 494 g/mol. The average molecular weight is 520 g/mol. The number of aryl methyl sites for hydroxylation is 1. The summed E-state index contributed by atoms with van der Waals surface area (Å²) in [6.45, 7) is 4.69. The van der Waals surface area contributed by atoms with E-state index in [2.05, 4.69) is 20.4 Å². The Kier molecular flexibility index (Phi) is 6.71. The molecule has 1 aliphatic rings. The molecule has 0 saturated heterocycles. The maximum absolute atomic E-state index is 11.4. The van der Waals surface area contributed by atoms with Gasteiger partial charge in [-0.25, -0.2) is 9.78 Å². The number of rotatable bonds is 7. The minimum absolute atomic E-state index is 0.124. The van der Waals surface area contributed by atoms with E-state index in [9.17, 15) is 9.90 Å². The molecule has 2 N–H and O–H groups in total. The van der Waals surface area contributed by atoms with Gasteiger partial charge >= 0.3 is 5.97 Å². The molecule has 2 aromatic carbocycles. The number of carboxylic acid groups (broad SMARTS) is 1. The average Bonchev–Trinajstić information content (AvgIpc) is 3.19. The van der Waals surface area contributed by atoms with Crippen molar-refractivity contribution >= 4 is 46.3 Å². The Labute approximate surface area is 218 Å². The fraction of sp³-hybridized carbons (Fsp3) is 0.259. The minimum Gasteiger partial charge on any atom is -0.486 e. The van der Waals surface area contributed by atoms with Crippen LogP contribution in [0.5, 0.6) is 11.5 Å². The number of aromatic nitrogens is 3. The smallest absolute Gasteiger partial charge is 0.328 e. The number of nitrogens with one attached hydrogen (secondary N) is 1. The van der Waals surface area contributed by atoms with Crippen LogP contribution in [0.25, 0.3) is 22.2 Å². The zero-order valence-corrected chi connectivity index (χ0v) is 21.4. The van der Waals surface area contributed by atoms with Gasteiger partial charge in [0.05, 0.1) is 16.2 Å². The van der Waals surface area contributed by atoms with Crippen LogP contribution in [0.15, 0.2) is 53.7 Å². The molecule has 2 aromatic heterocycles. The molecule has 4 aromatic rings. The maximum Gasteiger partial charge on any atom is 0.328 e. The lowest BCUT2D eigenvalue weighted by Gasteiger charge is -2.19. The number of anilines is 2. The number of carbonyl (C=O) groups is 1. The molecule has 1 atom stereocenters. The molecule has 0 saturated carbocycles. The van der Waals surface area contributed by atoms with Crippen LogP contribution in [0.2, 0.25) is 5.02 Å². The normalized spacial score (nSPS) is 13.9. The predicted octanol–water partition coefficient (Wildman–Crippen LogP) is 5.33. The van der Waals surface area contributed by atoms with Crippen LogP contribution in [-0.2, 0) is 11.8 Å². The molecular formula is C27H26ClN5O4. The summed E-state index contributed by atoms with van der Waals surface area (Å²) in [5, 5.41) is 17.8. The second kappa shape index (κ2) is 10.1. The molecule has 10 heteroatoms. The summed E-state index contributed by atoms with van der Waals surface area (Å²) >= 11 is 6.83. The highest BCUT2D eigenvalue weighted by Crippen LogP contribution is 2.40. The number of aliphatic carboxylic acids is 1. The van der Waals surface area contributed by atoms with E-state index in [1.807, 2.05) is 63.4 Å². The molecule has 1 aliphatic heterocycles. The molecule has 0 aliphatic carbocycles. The maximum atomic E-state index is 11.4.